The summed E-state index contributed by atoms with van der Waals surface area (Å²) in [7, 11) is 0. The highest BCUT2D eigenvalue weighted by Crippen LogP contribution is 2.35. The van der Waals surface area contributed by atoms with Crippen molar-refractivity contribution in [3.63, 3.8) is 0 Å². The number of amides is 12. The predicted molar refractivity (Wildman–Crippen MR) is 471 cm³/mol. The molecule has 3 aromatic rings. The van der Waals surface area contributed by atoms with E-state index in [2.05, 4.69) is 146 Å². The van der Waals surface area contributed by atoms with E-state index < -0.39 is 0 Å². The molecule has 6 bridgehead atoms. The highest BCUT2D eigenvalue weighted by atomic mass is 16.2. The van der Waals surface area contributed by atoms with Gasteiger partial charge in [0.2, 0.25) is 0 Å². The van der Waals surface area contributed by atoms with Crippen LogP contribution in [0.5, 0.6) is 0 Å². The molecule has 3 aliphatic carbocycles. The lowest BCUT2D eigenvalue weighted by molar-refractivity contribution is 0.0717. The second-order valence-electron chi connectivity index (χ2n) is 34.5. The molecular weight excluding hydrogens is 1420 g/mol. The van der Waals surface area contributed by atoms with Crippen molar-refractivity contribution in [3.05, 3.63) is 106 Å². The van der Waals surface area contributed by atoms with E-state index in [9.17, 15) is 0 Å². The summed E-state index contributed by atoms with van der Waals surface area (Å²) in [6.45, 7) is 18.9. The summed E-state index contributed by atoms with van der Waals surface area (Å²) < 4.78 is 0. The molecule has 0 spiro atoms. The van der Waals surface area contributed by atoms with Gasteiger partial charge in [0.15, 0.2) is 0 Å². The number of hydrogen-bond acceptors (Lipinski definition) is 6. The summed E-state index contributed by atoms with van der Waals surface area (Å²) in [4.78, 5) is 104. The van der Waals surface area contributed by atoms with Gasteiger partial charge < -0.3 is 61.3 Å². The molecule has 0 saturated heterocycles. The fourth-order valence-corrected chi connectivity index (χ4v) is 18.1. The summed E-state index contributed by atoms with van der Waals surface area (Å²) in [5.74, 6) is 0. The van der Waals surface area contributed by atoms with Crippen LogP contribution in [0.3, 0.4) is 0 Å². The molecule has 6 atom stereocenters. The Labute approximate surface area is 693 Å². The fourth-order valence-electron chi connectivity index (χ4n) is 18.1. The Kier molecular flexibility index (Phi) is 47.5. The first kappa shape index (κ1) is 94.4. The Morgan fingerprint density at radius 1 is 0.211 bits per heavy atom. The predicted octanol–water partition coefficient (Wildman–Crippen LogP) is 23.3. The molecule has 0 aromatic heterocycles. The van der Waals surface area contributed by atoms with Gasteiger partial charge in [0.05, 0.1) is 36.3 Å². The van der Waals surface area contributed by atoms with Crippen LogP contribution >= 0.6 is 0 Å². The smallest absolute Gasteiger partial charge is 0.318 e. The summed E-state index contributed by atoms with van der Waals surface area (Å²) in [5, 5.41) is 20.5. The number of benzene rings is 3. The molecule has 10 rings (SSSR count). The maximum atomic E-state index is 15.4. The number of hydrogen-bond donors (Lipinski definition) is 6. The van der Waals surface area contributed by atoms with Crippen LogP contribution < -0.4 is 31.9 Å². The van der Waals surface area contributed by atoms with Gasteiger partial charge in [-0.3, -0.25) is 0 Å². The number of rotatable bonds is 42. The average Bonchev–Trinajstić information content (AvgIpc) is 0.804. The second-order valence-corrected chi connectivity index (χ2v) is 34.5. The van der Waals surface area contributed by atoms with Gasteiger partial charge in [-0.15, -0.1) is 0 Å². The zero-order valence-corrected chi connectivity index (χ0v) is 73.0. The Bertz CT molecular complexity index is 2560. The molecular formula is C96H162N12O6. The summed E-state index contributed by atoms with van der Waals surface area (Å²) >= 11 is 0. The van der Waals surface area contributed by atoms with E-state index in [1.807, 2.05) is 29.4 Å². The Morgan fingerprint density at radius 2 is 0.333 bits per heavy atom. The summed E-state index contributed by atoms with van der Waals surface area (Å²) in [5.41, 5.74) is 5.86. The molecule has 4 aliphatic heterocycles. The highest BCUT2D eigenvalue weighted by molar-refractivity contribution is 5.78. The molecule has 6 unspecified atom stereocenters. The normalized spacial score (nSPS) is 19.2. The van der Waals surface area contributed by atoms with Crippen LogP contribution in [0.2, 0.25) is 0 Å². The standard InChI is InChI=1S/C96H162N12O6/c1-7-13-19-25-31-43-67-97-91(109)103-73-79-55-57-80(58-56-79)75-105(93(111)99-69-45-33-27-21-15-9-3)87-51-39-40-52-88(87)107(95(113)101-71-47-35-29-23-17-11-5)77-83-63-65-84(66-64-83)78-108(96(114)102-72-48-36-30-24-18-12-6)90-54-42-41-53-89(90)106(94(112)100-70-46-34-28-22-16-10-4)76-82-61-59-81(60-62-82)74-104(86-50-38-37-49-85(86)103)92(110)98-68-44-32-26-20-14-8-2/h55-66,85-90H,7-54,67-78H2,1-6H3,(H,97,109)(H,98,110)(H,99,111)(H,100,112)(H,101,113)(H,102,114). The fraction of sp³-hybridized carbons (Fsp3) is 0.750. The minimum Gasteiger partial charge on any atom is -0.338 e. The van der Waals surface area contributed by atoms with Crippen molar-refractivity contribution >= 4 is 36.2 Å². The SMILES string of the molecule is CCCCCCCCNC(=O)N1Cc2ccc(cc2)CN(C(=O)NCCCCCCCC)C2CCCCC2N(C(=O)NCCCCCCCC)Cc2ccc(cc2)CN(C(=O)NCCCCCCCC)C2CCCCC2N(C(=O)NCCCCCCCC)Cc2ccc(cc2)CN(C(=O)NCCCCCCCC)C2CCCCC21. The molecule has 3 saturated carbocycles. The molecule has 18 nitrogen and oxygen atoms in total. The van der Waals surface area contributed by atoms with Gasteiger partial charge in [0.25, 0.3) is 0 Å². The Hall–Kier alpha value is -6.72. The molecule has 3 fully saturated rings. The maximum absolute atomic E-state index is 15.4. The molecule has 3 aromatic carbocycles. The maximum Gasteiger partial charge on any atom is 0.318 e. The number of urea groups is 6. The molecule has 6 N–H and O–H groups in total. The monoisotopic (exact) mass is 1580 g/mol. The third-order valence-electron chi connectivity index (χ3n) is 25.1. The summed E-state index contributed by atoms with van der Waals surface area (Å²) in [6.07, 6.45) is 50.1. The largest absolute Gasteiger partial charge is 0.338 e. The van der Waals surface area contributed by atoms with E-state index in [4.69, 9.17) is 0 Å². The molecule has 12 amide bonds. The quantitative estimate of drug-likeness (QED) is 0.0306. The zero-order chi connectivity index (χ0) is 81.0. The first-order chi connectivity index (χ1) is 55.9. The number of carbonyl (C=O) groups excluding carboxylic acids is 6. The minimum absolute atomic E-state index is 0.113. The third-order valence-corrected chi connectivity index (χ3v) is 25.1. The van der Waals surface area contributed by atoms with Crippen molar-refractivity contribution in [1.29, 1.82) is 0 Å². The van der Waals surface area contributed by atoms with E-state index in [0.717, 1.165) is 226 Å². The van der Waals surface area contributed by atoms with Gasteiger partial charge in [0, 0.05) is 78.5 Å². The molecule has 7 aliphatic rings. The van der Waals surface area contributed by atoms with Gasteiger partial charge in [-0.2, -0.15) is 0 Å². The zero-order valence-electron chi connectivity index (χ0n) is 73.0. The molecule has 642 valence electrons. The molecule has 4 heterocycles. The number of fused-ring (bicyclic) bond motifs is 3. The minimum atomic E-state index is -0.288. The first-order valence-electron chi connectivity index (χ1n) is 47.4. The van der Waals surface area contributed by atoms with Crippen LogP contribution in [0.1, 0.15) is 383 Å². The van der Waals surface area contributed by atoms with Crippen molar-refractivity contribution < 1.29 is 28.8 Å². The van der Waals surface area contributed by atoms with Crippen molar-refractivity contribution in [3.8, 4) is 0 Å². The van der Waals surface area contributed by atoms with Crippen LogP contribution in [0.4, 0.5) is 28.8 Å². The van der Waals surface area contributed by atoms with E-state index in [1.54, 1.807) is 0 Å². The van der Waals surface area contributed by atoms with E-state index in [-0.39, 0.29) is 72.4 Å². The van der Waals surface area contributed by atoms with Crippen molar-refractivity contribution in [1.82, 2.24) is 61.3 Å². The summed E-state index contributed by atoms with van der Waals surface area (Å²) in [6, 6.07) is 23.3. The number of nitrogens with one attached hydrogen (secondary N) is 6. The Morgan fingerprint density at radius 3 is 0.465 bits per heavy atom. The van der Waals surface area contributed by atoms with Crippen LogP contribution in [0, 0.1) is 0 Å². The van der Waals surface area contributed by atoms with Gasteiger partial charge in [-0.25, -0.2) is 28.8 Å². The van der Waals surface area contributed by atoms with Gasteiger partial charge in [-0.1, -0.05) is 345 Å². The number of nitrogens with zero attached hydrogens (tertiary/aromatic N) is 6. The van der Waals surface area contributed by atoms with Crippen LogP contribution in [-0.2, 0) is 39.3 Å². The lowest BCUT2D eigenvalue weighted by atomic mass is 9.87. The number of unbranched alkanes of at least 4 members (excludes halogenated alkanes) is 30. The first-order valence-corrected chi connectivity index (χ1v) is 47.4. The van der Waals surface area contributed by atoms with Gasteiger partial charge >= 0.3 is 36.2 Å². The van der Waals surface area contributed by atoms with Crippen LogP contribution in [0.15, 0.2) is 72.8 Å². The van der Waals surface area contributed by atoms with Gasteiger partial charge in [0.1, 0.15) is 0 Å². The lowest BCUT2D eigenvalue weighted by Crippen LogP contribution is -2.59. The average molecular weight is 1580 g/mol. The van der Waals surface area contributed by atoms with Crippen molar-refractivity contribution in [2.75, 3.05) is 39.3 Å². The van der Waals surface area contributed by atoms with Crippen molar-refractivity contribution in [2.45, 2.75) is 425 Å². The van der Waals surface area contributed by atoms with Crippen molar-refractivity contribution in [2.24, 2.45) is 0 Å². The Balaban J connectivity index is 1.35. The molecule has 114 heavy (non-hydrogen) atoms. The lowest BCUT2D eigenvalue weighted by Gasteiger charge is -2.45. The van der Waals surface area contributed by atoms with E-state index in [0.29, 0.717) is 78.5 Å². The van der Waals surface area contributed by atoms with E-state index >= 15 is 28.8 Å². The van der Waals surface area contributed by atoms with Crippen LogP contribution in [0.25, 0.3) is 0 Å². The van der Waals surface area contributed by atoms with Crippen LogP contribution in [-0.4, -0.2) is 141 Å². The second kappa shape index (κ2) is 57.4. The van der Waals surface area contributed by atoms with Gasteiger partial charge in [-0.05, 0) is 110 Å². The third kappa shape index (κ3) is 34.5. The topological polar surface area (TPSA) is 194 Å². The highest BCUT2D eigenvalue weighted by Gasteiger charge is 2.42. The number of carbonyl (C=O) groups is 6. The van der Waals surface area contributed by atoms with E-state index in [1.165, 1.54) is 116 Å². The molecule has 18 heteroatoms. The molecule has 0 radical (unpaired) electrons.